The van der Waals surface area contributed by atoms with Crippen molar-refractivity contribution in [2.45, 2.75) is 6.42 Å². The molecule has 1 aromatic rings. The lowest BCUT2D eigenvalue weighted by atomic mass is 10.1. The Bertz CT molecular complexity index is 418. The van der Waals surface area contributed by atoms with Gasteiger partial charge in [0.15, 0.2) is 5.78 Å². The second kappa shape index (κ2) is 7.85. The molecule has 0 radical (unpaired) electrons. The first kappa shape index (κ1) is 14.7. The first-order valence-electron chi connectivity index (χ1n) is 5.90. The van der Waals surface area contributed by atoms with Gasteiger partial charge in [0, 0.05) is 36.6 Å². The number of carbonyl (C=O) groups excluding carboxylic acids is 1. The molecule has 18 heavy (non-hydrogen) atoms. The van der Waals surface area contributed by atoms with Gasteiger partial charge in [0.05, 0.1) is 0 Å². The molecule has 0 amide bonds. The van der Waals surface area contributed by atoms with E-state index in [1.54, 1.807) is 24.3 Å². The van der Waals surface area contributed by atoms with Gasteiger partial charge in [-0.3, -0.25) is 9.69 Å². The van der Waals surface area contributed by atoms with Crippen molar-refractivity contribution < 1.29 is 4.79 Å². The topological polar surface area (TPSA) is 20.3 Å². The van der Waals surface area contributed by atoms with Crippen molar-refractivity contribution in [3.8, 4) is 0 Å². The normalized spacial score (nSPS) is 10.3. The minimum Gasteiger partial charge on any atom is -0.296 e. The zero-order valence-corrected chi connectivity index (χ0v) is 11.2. The largest absolute Gasteiger partial charge is 0.296 e. The molecule has 2 nitrogen and oxygen atoms in total. The van der Waals surface area contributed by atoms with Crippen molar-refractivity contribution in [2.24, 2.45) is 0 Å². The predicted octanol–water partition coefficient (Wildman–Crippen LogP) is 3.59. The zero-order chi connectivity index (χ0) is 13.4. The number of hydrogen-bond acceptors (Lipinski definition) is 2. The van der Waals surface area contributed by atoms with Gasteiger partial charge >= 0.3 is 0 Å². The molecule has 0 heterocycles. The molecule has 1 aromatic carbocycles. The summed E-state index contributed by atoms with van der Waals surface area (Å²) < 4.78 is 0. The smallest absolute Gasteiger partial charge is 0.164 e. The van der Waals surface area contributed by atoms with Crippen LogP contribution in [0, 0.1) is 0 Å². The summed E-state index contributed by atoms with van der Waals surface area (Å²) in [7, 11) is 0. The van der Waals surface area contributed by atoms with Gasteiger partial charge in [-0.05, 0) is 12.1 Å². The van der Waals surface area contributed by atoms with E-state index in [0.29, 0.717) is 23.6 Å². The van der Waals surface area contributed by atoms with Crippen LogP contribution in [0.5, 0.6) is 0 Å². The molecule has 0 aliphatic carbocycles. The van der Waals surface area contributed by atoms with Crippen LogP contribution >= 0.6 is 11.6 Å². The van der Waals surface area contributed by atoms with E-state index >= 15 is 0 Å². The van der Waals surface area contributed by atoms with Crippen LogP contribution in [-0.4, -0.2) is 30.3 Å². The third-order valence-electron chi connectivity index (χ3n) is 2.58. The summed E-state index contributed by atoms with van der Waals surface area (Å²) in [5, 5.41) is 0.592. The number of halogens is 1. The summed E-state index contributed by atoms with van der Waals surface area (Å²) in [6.07, 6.45) is 4.13. The fourth-order valence-electron chi connectivity index (χ4n) is 1.69. The maximum absolute atomic E-state index is 12.0. The molecule has 96 valence electrons. The lowest BCUT2D eigenvalue weighted by molar-refractivity contribution is 0.0968. The number of nitrogens with zero attached hydrogens (tertiary/aromatic N) is 1. The zero-order valence-electron chi connectivity index (χ0n) is 10.4. The monoisotopic (exact) mass is 263 g/mol. The van der Waals surface area contributed by atoms with Gasteiger partial charge in [-0.2, -0.15) is 0 Å². The molecule has 0 fully saturated rings. The third kappa shape index (κ3) is 4.86. The van der Waals surface area contributed by atoms with E-state index in [-0.39, 0.29) is 5.78 Å². The first-order chi connectivity index (χ1) is 8.67. The highest BCUT2D eigenvalue weighted by Crippen LogP contribution is 2.12. The van der Waals surface area contributed by atoms with Crippen LogP contribution in [0.25, 0.3) is 0 Å². The number of rotatable bonds is 8. The Balaban J connectivity index is 2.53. The van der Waals surface area contributed by atoms with Crippen LogP contribution in [0.1, 0.15) is 16.8 Å². The van der Waals surface area contributed by atoms with Crippen LogP contribution in [-0.2, 0) is 0 Å². The second-order valence-electron chi connectivity index (χ2n) is 4.02. The van der Waals surface area contributed by atoms with E-state index in [4.69, 9.17) is 11.6 Å². The maximum Gasteiger partial charge on any atom is 0.164 e. The van der Waals surface area contributed by atoms with Gasteiger partial charge in [-0.15, -0.1) is 13.2 Å². The van der Waals surface area contributed by atoms with Crippen LogP contribution in [0.4, 0.5) is 0 Å². The highest BCUT2D eigenvalue weighted by molar-refractivity contribution is 6.31. The van der Waals surface area contributed by atoms with Gasteiger partial charge in [-0.25, -0.2) is 0 Å². The van der Waals surface area contributed by atoms with Gasteiger partial charge in [0.25, 0.3) is 0 Å². The average Bonchev–Trinajstić information content (AvgIpc) is 2.36. The van der Waals surface area contributed by atoms with Crippen LogP contribution in [0.2, 0.25) is 5.02 Å². The average molecular weight is 264 g/mol. The summed E-state index contributed by atoms with van der Waals surface area (Å²) in [6.45, 7) is 9.62. The molecule has 0 bridgehead atoms. The molecular weight excluding hydrogens is 246 g/mol. The fraction of sp³-hybridized carbons (Fsp3) is 0.267. The van der Waals surface area contributed by atoms with E-state index in [9.17, 15) is 4.79 Å². The van der Waals surface area contributed by atoms with Gasteiger partial charge in [0.1, 0.15) is 0 Å². The Morgan fingerprint density at radius 3 is 2.50 bits per heavy atom. The summed E-state index contributed by atoms with van der Waals surface area (Å²) >= 11 is 5.86. The SMILES string of the molecule is C=CCN(CC=C)CCC(=O)c1cccc(Cl)c1. The molecule has 0 atom stereocenters. The molecule has 0 unspecified atom stereocenters. The Kier molecular flexibility index (Phi) is 6.40. The standard InChI is InChI=1S/C15H18ClNO/c1-3-9-17(10-4-2)11-8-15(18)13-6-5-7-14(16)12-13/h3-7,12H,1-2,8-11H2. The third-order valence-corrected chi connectivity index (χ3v) is 2.81. The predicted molar refractivity (Wildman–Crippen MR) is 77.2 cm³/mol. The summed E-state index contributed by atoms with van der Waals surface area (Å²) in [5.41, 5.74) is 0.666. The highest BCUT2D eigenvalue weighted by Gasteiger charge is 2.08. The number of hydrogen-bond donors (Lipinski definition) is 0. The molecule has 0 N–H and O–H groups in total. The molecule has 0 saturated heterocycles. The fourth-order valence-corrected chi connectivity index (χ4v) is 1.88. The van der Waals surface area contributed by atoms with Gasteiger partial charge in [0.2, 0.25) is 0 Å². The Morgan fingerprint density at radius 2 is 1.94 bits per heavy atom. The van der Waals surface area contributed by atoms with E-state index < -0.39 is 0 Å². The first-order valence-corrected chi connectivity index (χ1v) is 6.28. The number of benzene rings is 1. The molecule has 0 aliphatic heterocycles. The second-order valence-corrected chi connectivity index (χ2v) is 4.46. The minimum atomic E-state index is 0.107. The van der Waals surface area contributed by atoms with Crippen molar-refractivity contribution in [1.29, 1.82) is 0 Å². The van der Waals surface area contributed by atoms with Crippen LogP contribution in [0.3, 0.4) is 0 Å². The minimum absolute atomic E-state index is 0.107. The molecule has 0 spiro atoms. The molecular formula is C15H18ClNO. The highest BCUT2D eigenvalue weighted by atomic mass is 35.5. The number of ketones is 1. The quantitative estimate of drug-likeness (QED) is 0.528. The van der Waals surface area contributed by atoms with Crippen molar-refractivity contribution in [1.82, 2.24) is 4.90 Å². The number of carbonyl (C=O) groups is 1. The van der Waals surface area contributed by atoms with Crippen LogP contribution < -0.4 is 0 Å². The summed E-state index contributed by atoms with van der Waals surface area (Å²) in [5.74, 6) is 0.107. The van der Waals surface area contributed by atoms with Gasteiger partial charge in [-0.1, -0.05) is 35.9 Å². The van der Waals surface area contributed by atoms with E-state index in [1.807, 2.05) is 12.2 Å². The Hall–Kier alpha value is -1.38. The lowest BCUT2D eigenvalue weighted by Gasteiger charge is -2.17. The van der Waals surface area contributed by atoms with Gasteiger partial charge < -0.3 is 0 Å². The molecule has 0 saturated carbocycles. The number of Topliss-reactive ketones (excluding diaryl/α,β-unsaturated/α-hetero) is 1. The Labute approximate surface area is 114 Å². The van der Waals surface area contributed by atoms with Crippen molar-refractivity contribution in [3.05, 3.63) is 60.2 Å². The molecule has 0 aromatic heterocycles. The van der Waals surface area contributed by atoms with E-state index in [1.165, 1.54) is 0 Å². The summed E-state index contributed by atoms with van der Waals surface area (Å²) in [6, 6.07) is 7.05. The summed E-state index contributed by atoms with van der Waals surface area (Å²) in [4.78, 5) is 14.1. The molecule has 1 rings (SSSR count). The molecule has 0 aliphatic rings. The lowest BCUT2D eigenvalue weighted by Crippen LogP contribution is -2.26. The van der Waals surface area contributed by atoms with Crippen molar-refractivity contribution in [3.63, 3.8) is 0 Å². The van der Waals surface area contributed by atoms with Crippen LogP contribution in [0.15, 0.2) is 49.6 Å². The maximum atomic E-state index is 12.0. The van der Waals surface area contributed by atoms with Crippen molar-refractivity contribution in [2.75, 3.05) is 19.6 Å². The van der Waals surface area contributed by atoms with Crippen molar-refractivity contribution >= 4 is 17.4 Å². The Morgan fingerprint density at radius 1 is 1.28 bits per heavy atom. The van der Waals surface area contributed by atoms with E-state index in [0.717, 1.165) is 13.1 Å². The van der Waals surface area contributed by atoms with E-state index in [2.05, 4.69) is 18.1 Å². The molecule has 3 heteroatoms.